The highest BCUT2D eigenvalue weighted by molar-refractivity contribution is 6.01. The van der Waals surface area contributed by atoms with Gasteiger partial charge in [0, 0.05) is 24.7 Å². The van der Waals surface area contributed by atoms with E-state index in [1.807, 2.05) is 49.4 Å². The Bertz CT molecular complexity index is 1780. The summed E-state index contributed by atoms with van der Waals surface area (Å²) in [6.07, 6.45) is -5.79. The third kappa shape index (κ3) is 10.2. The van der Waals surface area contributed by atoms with E-state index in [1.54, 1.807) is 30.3 Å². The molecule has 11 heteroatoms. The number of halogens is 6. The van der Waals surface area contributed by atoms with Gasteiger partial charge in [0.15, 0.2) is 0 Å². The summed E-state index contributed by atoms with van der Waals surface area (Å²) in [6.45, 7) is 2.78. The van der Waals surface area contributed by atoms with Crippen molar-refractivity contribution in [3.63, 3.8) is 0 Å². The van der Waals surface area contributed by atoms with Crippen molar-refractivity contribution >= 4 is 11.8 Å². The summed E-state index contributed by atoms with van der Waals surface area (Å²) >= 11 is 0. The van der Waals surface area contributed by atoms with E-state index in [0.717, 1.165) is 54.9 Å². The molecule has 1 aliphatic heterocycles. The van der Waals surface area contributed by atoms with Crippen LogP contribution in [0.2, 0.25) is 0 Å². The number of unbranched alkanes of at least 4 members (excludes halogenated alkanes) is 1. The molecule has 270 valence electrons. The van der Waals surface area contributed by atoms with Gasteiger partial charge in [-0.2, -0.15) is 26.3 Å². The van der Waals surface area contributed by atoms with E-state index in [0.29, 0.717) is 47.9 Å². The minimum atomic E-state index is -4.52. The number of hydrogen-bond acceptors (Lipinski definition) is 3. The first-order valence-electron chi connectivity index (χ1n) is 17.1. The molecule has 5 rings (SSSR count). The molecule has 0 bridgehead atoms. The molecule has 2 amide bonds. The van der Waals surface area contributed by atoms with Crippen LogP contribution in [0.15, 0.2) is 97.1 Å². The minimum Gasteiger partial charge on any atom is -0.349 e. The number of alkyl halides is 6. The van der Waals surface area contributed by atoms with Gasteiger partial charge in [-0.1, -0.05) is 85.3 Å². The van der Waals surface area contributed by atoms with E-state index in [-0.39, 0.29) is 11.9 Å². The molecule has 5 nitrogen and oxygen atoms in total. The van der Waals surface area contributed by atoms with Crippen molar-refractivity contribution in [2.75, 3.05) is 26.2 Å². The summed E-state index contributed by atoms with van der Waals surface area (Å²) in [5.74, 6) is -1.69. The van der Waals surface area contributed by atoms with E-state index in [2.05, 4.69) is 15.5 Å². The average Bonchev–Trinajstić information content (AvgIpc) is 3.11. The molecular formula is C40H41F6N3O2. The molecule has 2 N–H and O–H groups in total. The molecule has 0 aromatic heterocycles. The van der Waals surface area contributed by atoms with Gasteiger partial charge < -0.3 is 15.5 Å². The summed E-state index contributed by atoms with van der Waals surface area (Å²) in [4.78, 5) is 28.8. The first-order chi connectivity index (χ1) is 24.3. The van der Waals surface area contributed by atoms with Crippen LogP contribution in [-0.4, -0.2) is 55.1 Å². The quantitative estimate of drug-likeness (QED) is 0.114. The molecule has 0 aliphatic carbocycles. The highest BCUT2D eigenvalue weighted by atomic mass is 19.4. The number of likely N-dealkylation sites (tertiary alicyclic amines) is 1. The van der Waals surface area contributed by atoms with Crippen LogP contribution >= 0.6 is 0 Å². The standard InChI is InChI=1S/C40H41F6N3O2/c1-27-10-2-3-11-31(27)33-13-5-6-14-34(33)36(37(50)47-26-39(41,42)43)16-8-9-23-49-24-21-30(22-25-49)48-38(51)35-15-7-4-12-32(35)28-17-19-29(20-18-28)40(44,45)46/h2-7,10-15,17-20,30,36H,8-9,16,21-26H2,1H3,(H,47,50)(H,48,51). The number of carbonyl (C=O) groups excluding carboxylic acids is 2. The first-order valence-corrected chi connectivity index (χ1v) is 17.1. The molecule has 1 aliphatic rings. The van der Waals surface area contributed by atoms with Crippen LogP contribution in [0.5, 0.6) is 0 Å². The van der Waals surface area contributed by atoms with Crippen molar-refractivity contribution in [1.82, 2.24) is 15.5 Å². The molecule has 1 unspecified atom stereocenters. The third-order valence-electron chi connectivity index (χ3n) is 9.39. The first kappa shape index (κ1) is 37.6. The van der Waals surface area contributed by atoms with Gasteiger partial charge in [0.1, 0.15) is 6.54 Å². The van der Waals surface area contributed by atoms with Crippen LogP contribution < -0.4 is 10.6 Å². The molecule has 4 aromatic rings. The largest absolute Gasteiger partial charge is 0.416 e. The normalized spacial score (nSPS) is 15.0. The van der Waals surface area contributed by atoms with Crippen LogP contribution in [0.3, 0.4) is 0 Å². The van der Waals surface area contributed by atoms with Gasteiger partial charge >= 0.3 is 12.4 Å². The summed E-state index contributed by atoms with van der Waals surface area (Å²) in [7, 11) is 0. The van der Waals surface area contributed by atoms with Crippen LogP contribution in [0.4, 0.5) is 26.3 Å². The second kappa shape index (κ2) is 16.6. The zero-order valence-electron chi connectivity index (χ0n) is 28.3. The number of amides is 2. The van der Waals surface area contributed by atoms with Gasteiger partial charge in [-0.3, -0.25) is 9.59 Å². The number of benzene rings is 4. The SMILES string of the molecule is Cc1ccccc1-c1ccccc1C(CCCCN1CCC(NC(=O)c2ccccc2-c2ccc(C(F)(F)F)cc2)CC1)C(=O)NCC(F)(F)F. The molecule has 51 heavy (non-hydrogen) atoms. The van der Waals surface area contributed by atoms with Gasteiger partial charge in [-0.05, 0) is 90.7 Å². The number of carbonyl (C=O) groups is 2. The molecule has 0 radical (unpaired) electrons. The number of aryl methyl sites for hydroxylation is 1. The molecular weight excluding hydrogens is 668 g/mol. The fourth-order valence-electron chi connectivity index (χ4n) is 6.68. The number of rotatable bonds is 12. The van der Waals surface area contributed by atoms with Gasteiger partial charge in [0.25, 0.3) is 5.91 Å². The van der Waals surface area contributed by atoms with E-state index in [4.69, 9.17) is 0 Å². The predicted octanol–water partition coefficient (Wildman–Crippen LogP) is 9.17. The second-order valence-electron chi connectivity index (χ2n) is 13.0. The Kier molecular flexibility index (Phi) is 12.2. The maximum absolute atomic E-state index is 13.3. The summed E-state index contributed by atoms with van der Waals surface area (Å²) in [6, 6.07) is 26.6. The Morgan fingerprint density at radius 1 is 0.765 bits per heavy atom. The Hall–Kier alpha value is -4.64. The van der Waals surface area contributed by atoms with E-state index >= 15 is 0 Å². The topological polar surface area (TPSA) is 61.4 Å². The van der Waals surface area contributed by atoms with Gasteiger partial charge in [0.05, 0.1) is 11.5 Å². The second-order valence-corrected chi connectivity index (χ2v) is 13.0. The third-order valence-corrected chi connectivity index (χ3v) is 9.39. The Labute approximate surface area is 294 Å². The fraction of sp³-hybridized carbons (Fsp3) is 0.350. The number of hydrogen-bond donors (Lipinski definition) is 2. The number of nitrogens with one attached hydrogen (secondary N) is 2. The molecule has 1 fully saturated rings. The van der Waals surface area contributed by atoms with E-state index < -0.39 is 36.3 Å². The van der Waals surface area contributed by atoms with Crippen molar-refractivity contribution in [3.8, 4) is 22.3 Å². The maximum atomic E-state index is 13.3. The van der Waals surface area contributed by atoms with Crippen molar-refractivity contribution in [2.24, 2.45) is 0 Å². The fourth-order valence-corrected chi connectivity index (χ4v) is 6.68. The Morgan fingerprint density at radius 3 is 2.02 bits per heavy atom. The predicted molar refractivity (Wildman–Crippen MR) is 186 cm³/mol. The highest BCUT2D eigenvalue weighted by Gasteiger charge is 2.32. The lowest BCUT2D eigenvalue weighted by Gasteiger charge is -2.32. The summed E-state index contributed by atoms with van der Waals surface area (Å²) in [5.41, 5.74) is 4.15. The van der Waals surface area contributed by atoms with Crippen LogP contribution in [0.25, 0.3) is 22.3 Å². The Morgan fingerprint density at radius 2 is 1.37 bits per heavy atom. The average molecular weight is 710 g/mol. The molecule has 4 aromatic carbocycles. The lowest BCUT2D eigenvalue weighted by Crippen LogP contribution is -2.45. The van der Waals surface area contributed by atoms with E-state index in [1.165, 1.54) is 12.1 Å². The van der Waals surface area contributed by atoms with Gasteiger partial charge in [-0.15, -0.1) is 0 Å². The summed E-state index contributed by atoms with van der Waals surface area (Å²) < 4.78 is 78.3. The molecule has 1 atom stereocenters. The van der Waals surface area contributed by atoms with Crippen molar-refractivity contribution in [2.45, 2.75) is 63.3 Å². The molecule has 1 heterocycles. The highest BCUT2D eigenvalue weighted by Crippen LogP contribution is 2.35. The minimum absolute atomic E-state index is 0.0749. The zero-order chi connectivity index (χ0) is 36.6. The Balaban J connectivity index is 1.15. The van der Waals surface area contributed by atoms with Crippen molar-refractivity contribution in [3.05, 3.63) is 119 Å². The van der Waals surface area contributed by atoms with Crippen LogP contribution in [0, 0.1) is 6.92 Å². The lowest BCUT2D eigenvalue weighted by molar-refractivity contribution is -0.139. The maximum Gasteiger partial charge on any atom is 0.416 e. The summed E-state index contributed by atoms with van der Waals surface area (Å²) in [5, 5.41) is 5.20. The van der Waals surface area contributed by atoms with Gasteiger partial charge in [0.2, 0.25) is 5.91 Å². The molecule has 0 spiro atoms. The smallest absolute Gasteiger partial charge is 0.349 e. The van der Waals surface area contributed by atoms with Crippen LogP contribution in [-0.2, 0) is 11.0 Å². The zero-order valence-corrected chi connectivity index (χ0v) is 28.3. The molecule has 1 saturated heterocycles. The number of nitrogens with zero attached hydrogens (tertiary/aromatic N) is 1. The molecule has 0 saturated carbocycles. The lowest BCUT2D eigenvalue weighted by atomic mass is 9.85. The van der Waals surface area contributed by atoms with Crippen molar-refractivity contribution < 1.29 is 35.9 Å². The monoisotopic (exact) mass is 709 g/mol. The van der Waals surface area contributed by atoms with E-state index in [9.17, 15) is 35.9 Å². The van der Waals surface area contributed by atoms with Gasteiger partial charge in [-0.25, -0.2) is 0 Å². The number of piperidine rings is 1. The van der Waals surface area contributed by atoms with Crippen molar-refractivity contribution in [1.29, 1.82) is 0 Å². The van der Waals surface area contributed by atoms with Crippen LogP contribution in [0.1, 0.15) is 65.1 Å².